The van der Waals surface area contributed by atoms with Gasteiger partial charge in [0.05, 0.1) is 6.42 Å². The van der Waals surface area contributed by atoms with Gasteiger partial charge >= 0.3 is 5.97 Å². The van der Waals surface area contributed by atoms with E-state index in [0.29, 0.717) is 0 Å². The second-order valence-corrected chi connectivity index (χ2v) is 3.90. The maximum absolute atomic E-state index is 10.7. The predicted octanol–water partition coefficient (Wildman–Crippen LogP) is -0.177. The molecule has 0 amide bonds. The molecule has 2 aliphatic rings. The second kappa shape index (κ2) is 2.56. The van der Waals surface area contributed by atoms with E-state index in [1.54, 1.807) is 0 Å². The fraction of sp³-hybridized carbons (Fsp3) is 0.833. The lowest BCUT2D eigenvalue weighted by Gasteiger charge is -2.10. The number of alkyl halides is 1. The first-order chi connectivity index (χ1) is 5.18. The first-order valence-corrected chi connectivity index (χ1v) is 4.60. The Morgan fingerprint density at radius 1 is 1.64 bits per heavy atom. The molecule has 2 aliphatic heterocycles. The second-order valence-electron chi connectivity index (χ2n) is 2.67. The molecule has 0 saturated carbocycles. The average Bonchev–Trinajstić information content (AvgIpc) is 2.37. The zero-order chi connectivity index (χ0) is 8.01. The summed E-state index contributed by atoms with van der Waals surface area (Å²) < 4.78 is 9.87. The molecule has 1 N–H and O–H groups in total. The molecule has 4 unspecified atom stereocenters. The number of esters is 1. The lowest BCUT2D eigenvalue weighted by molar-refractivity contribution is -0.144. The van der Waals surface area contributed by atoms with Crippen LogP contribution in [-0.2, 0) is 14.3 Å². The van der Waals surface area contributed by atoms with E-state index >= 15 is 0 Å². The Morgan fingerprint density at radius 3 is 3.00 bits per heavy atom. The standard InChI is InChI=1S/C6H7IO4/c7-6-4(9)5-2(10-6)1-3(8)11-5/h2,4-6,9H,1H2. The highest BCUT2D eigenvalue weighted by Crippen LogP contribution is 2.34. The van der Waals surface area contributed by atoms with Crippen LogP contribution in [-0.4, -0.2) is 33.5 Å². The van der Waals surface area contributed by atoms with Gasteiger partial charge in [-0.2, -0.15) is 0 Å². The molecule has 11 heavy (non-hydrogen) atoms. The predicted molar refractivity (Wildman–Crippen MR) is 43.2 cm³/mol. The van der Waals surface area contributed by atoms with Crippen molar-refractivity contribution in [3.8, 4) is 0 Å². The van der Waals surface area contributed by atoms with Crippen molar-refractivity contribution in [3.05, 3.63) is 0 Å². The van der Waals surface area contributed by atoms with Crippen LogP contribution < -0.4 is 0 Å². The smallest absolute Gasteiger partial charge is 0.309 e. The summed E-state index contributed by atoms with van der Waals surface area (Å²) in [5, 5.41) is 9.38. The first kappa shape index (κ1) is 7.75. The number of ether oxygens (including phenoxy) is 2. The molecule has 2 saturated heterocycles. The molecule has 62 valence electrons. The van der Waals surface area contributed by atoms with Crippen LogP contribution in [0.1, 0.15) is 6.42 Å². The van der Waals surface area contributed by atoms with Crippen LogP contribution in [0.3, 0.4) is 0 Å². The number of halogens is 1. The molecule has 4 nitrogen and oxygen atoms in total. The number of aliphatic hydroxyl groups is 1. The fourth-order valence-electron chi connectivity index (χ4n) is 1.37. The van der Waals surface area contributed by atoms with Gasteiger partial charge in [0.25, 0.3) is 0 Å². The van der Waals surface area contributed by atoms with E-state index in [9.17, 15) is 9.90 Å². The molecular formula is C6H7IO4. The summed E-state index contributed by atoms with van der Waals surface area (Å²) in [4.78, 5) is 10.7. The van der Waals surface area contributed by atoms with Crippen molar-refractivity contribution >= 4 is 28.6 Å². The molecule has 4 atom stereocenters. The summed E-state index contributed by atoms with van der Waals surface area (Å²) in [7, 11) is 0. The van der Waals surface area contributed by atoms with Crippen molar-refractivity contribution in [2.24, 2.45) is 0 Å². The van der Waals surface area contributed by atoms with Crippen LogP contribution in [0.5, 0.6) is 0 Å². The molecule has 0 aromatic rings. The fourth-order valence-corrected chi connectivity index (χ4v) is 2.15. The monoisotopic (exact) mass is 270 g/mol. The zero-order valence-electron chi connectivity index (χ0n) is 5.57. The molecular weight excluding hydrogens is 263 g/mol. The SMILES string of the molecule is O=C1CC2OC(I)C(O)C2O1. The van der Waals surface area contributed by atoms with Crippen molar-refractivity contribution in [3.63, 3.8) is 0 Å². The van der Waals surface area contributed by atoms with E-state index in [-0.39, 0.29) is 22.6 Å². The molecule has 5 heteroatoms. The summed E-state index contributed by atoms with van der Waals surface area (Å²) in [6, 6.07) is 0. The number of aliphatic hydroxyl groups excluding tert-OH is 1. The molecule has 0 aromatic heterocycles. The molecule has 2 fully saturated rings. The van der Waals surface area contributed by atoms with E-state index in [4.69, 9.17) is 9.47 Å². The maximum Gasteiger partial charge on any atom is 0.309 e. The number of fused-ring (bicyclic) bond motifs is 1. The third-order valence-electron chi connectivity index (χ3n) is 1.91. The number of carbonyl (C=O) groups excluding carboxylic acids is 1. The van der Waals surface area contributed by atoms with Crippen molar-refractivity contribution in [2.45, 2.75) is 28.8 Å². The highest BCUT2D eigenvalue weighted by molar-refractivity contribution is 14.1. The quantitative estimate of drug-likeness (QED) is 0.377. The maximum atomic E-state index is 10.7. The average molecular weight is 270 g/mol. The highest BCUT2D eigenvalue weighted by Gasteiger charge is 2.50. The lowest BCUT2D eigenvalue weighted by atomic mass is 10.1. The Balaban J connectivity index is 2.13. The van der Waals surface area contributed by atoms with Gasteiger partial charge in [-0.05, 0) is 22.6 Å². The van der Waals surface area contributed by atoms with Crippen LogP contribution in [0.25, 0.3) is 0 Å². The number of hydrogen-bond acceptors (Lipinski definition) is 4. The van der Waals surface area contributed by atoms with Crippen molar-refractivity contribution < 1.29 is 19.4 Å². The molecule has 0 spiro atoms. The molecule has 2 rings (SSSR count). The van der Waals surface area contributed by atoms with Crippen LogP contribution in [0.15, 0.2) is 0 Å². The van der Waals surface area contributed by atoms with E-state index in [1.807, 2.05) is 22.6 Å². The molecule has 0 aliphatic carbocycles. The minimum atomic E-state index is -0.660. The van der Waals surface area contributed by atoms with E-state index in [1.165, 1.54) is 0 Å². The summed E-state index contributed by atoms with van der Waals surface area (Å²) in [5.41, 5.74) is 0. The van der Waals surface area contributed by atoms with Gasteiger partial charge in [-0.25, -0.2) is 0 Å². The third kappa shape index (κ3) is 1.15. The lowest BCUT2D eigenvalue weighted by Crippen LogP contribution is -2.29. The van der Waals surface area contributed by atoms with Crippen LogP contribution in [0.2, 0.25) is 0 Å². The van der Waals surface area contributed by atoms with Gasteiger partial charge in [0, 0.05) is 0 Å². The van der Waals surface area contributed by atoms with Crippen molar-refractivity contribution in [2.75, 3.05) is 0 Å². The van der Waals surface area contributed by atoms with Gasteiger partial charge in [-0.3, -0.25) is 4.79 Å². The molecule has 0 radical (unpaired) electrons. The summed E-state index contributed by atoms with van der Waals surface area (Å²) in [6.45, 7) is 0. The van der Waals surface area contributed by atoms with Gasteiger partial charge in [0.15, 0.2) is 6.10 Å². The molecule has 0 bridgehead atoms. The topological polar surface area (TPSA) is 55.8 Å². The van der Waals surface area contributed by atoms with E-state index < -0.39 is 12.2 Å². The van der Waals surface area contributed by atoms with E-state index in [2.05, 4.69) is 0 Å². The minimum absolute atomic E-state index is 0.223. The normalized spacial score (nSPS) is 49.1. The van der Waals surface area contributed by atoms with Gasteiger partial charge in [-0.1, -0.05) is 0 Å². The van der Waals surface area contributed by atoms with Crippen LogP contribution in [0, 0.1) is 0 Å². The minimum Gasteiger partial charge on any atom is -0.457 e. The van der Waals surface area contributed by atoms with Crippen LogP contribution >= 0.6 is 22.6 Å². The number of hydrogen-bond donors (Lipinski definition) is 1. The Hall–Kier alpha value is 0.120. The van der Waals surface area contributed by atoms with Gasteiger partial charge in [0.1, 0.15) is 16.3 Å². The van der Waals surface area contributed by atoms with Gasteiger partial charge < -0.3 is 14.6 Å². The molecule has 0 aromatic carbocycles. The highest BCUT2D eigenvalue weighted by atomic mass is 127. The third-order valence-corrected chi connectivity index (χ3v) is 2.94. The van der Waals surface area contributed by atoms with Crippen LogP contribution in [0.4, 0.5) is 0 Å². The largest absolute Gasteiger partial charge is 0.457 e. The van der Waals surface area contributed by atoms with Crippen molar-refractivity contribution in [1.29, 1.82) is 0 Å². The summed E-state index contributed by atoms with van der Waals surface area (Å²) in [5.74, 6) is -0.276. The van der Waals surface area contributed by atoms with Gasteiger partial charge in [-0.15, -0.1) is 0 Å². The Morgan fingerprint density at radius 2 is 2.36 bits per heavy atom. The van der Waals surface area contributed by atoms with Crippen molar-refractivity contribution in [1.82, 2.24) is 0 Å². The van der Waals surface area contributed by atoms with E-state index in [0.717, 1.165) is 0 Å². The first-order valence-electron chi connectivity index (χ1n) is 3.35. The summed E-state index contributed by atoms with van der Waals surface area (Å²) >= 11 is 1.99. The molecule has 2 heterocycles. The Kier molecular flexibility index (Phi) is 1.81. The Bertz CT molecular complexity index is 195. The zero-order valence-corrected chi connectivity index (χ0v) is 7.72. The Labute approximate surface area is 77.0 Å². The summed E-state index contributed by atoms with van der Waals surface area (Å²) in [6.07, 6.45) is -1.03. The van der Waals surface area contributed by atoms with Gasteiger partial charge in [0.2, 0.25) is 0 Å². The number of rotatable bonds is 0. The number of carbonyl (C=O) groups is 1.